The van der Waals surface area contributed by atoms with Gasteiger partial charge in [-0.3, -0.25) is 0 Å². The summed E-state index contributed by atoms with van der Waals surface area (Å²) in [5.74, 6) is -2.50. The van der Waals surface area contributed by atoms with Crippen LogP contribution >= 0.6 is 0 Å². The van der Waals surface area contributed by atoms with E-state index in [0.29, 0.717) is 22.6 Å². The van der Waals surface area contributed by atoms with Crippen LogP contribution in [0.4, 0.5) is 0 Å². The van der Waals surface area contributed by atoms with Gasteiger partial charge in [-0.1, -0.05) is 12.1 Å². The number of benzene rings is 2. The summed E-state index contributed by atoms with van der Waals surface area (Å²) in [4.78, 5) is 36.8. The molecule has 12 nitrogen and oxygen atoms in total. The Kier molecular flexibility index (Phi) is 9.75. The topological polar surface area (TPSA) is 178 Å². The summed E-state index contributed by atoms with van der Waals surface area (Å²) < 4.78 is 26.1. The van der Waals surface area contributed by atoms with Crippen molar-refractivity contribution < 1.29 is 58.5 Å². The van der Waals surface area contributed by atoms with Gasteiger partial charge in [0.2, 0.25) is 0 Å². The number of hydrogen-bond acceptors (Lipinski definition) is 11. The Balaban J connectivity index is 1.76. The molecule has 0 unspecified atom stereocenters. The number of aromatic hydroxyl groups is 1. The molecule has 1 saturated carbocycles. The lowest BCUT2D eigenvalue weighted by Crippen LogP contribution is -2.58. The summed E-state index contributed by atoms with van der Waals surface area (Å²) in [5.41, 5.74) is -1.38. The fourth-order valence-electron chi connectivity index (χ4n) is 4.12. The third kappa shape index (κ3) is 7.30. The summed E-state index contributed by atoms with van der Waals surface area (Å²) in [6.07, 6.45) is -1.05. The van der Waals surface area contributed by atoms with E-state index in [0.717, 1.165) is 12.2 Å². The number of carbonyl (C=O) groups excluding carboxylic acids is 2. The van der Waals surface area contributed by atoms with Gasteiger partial charge >= 0.3 is 17.9 Å². The van der Waals surface area contributed by atoms with Crippen LogP contribution in [0.15, 0.2) is 48.6 Å². The number of ether oxygens (including phenoxy) is 5. The van der Waals surface area contributed by atoms with E-state index in [9.17, 15) is 34.8 Å². The van der Waals surface area contributed by atoms with Crippen LogP contribution in [0.25, 0.3) is 12.2 Å². The summed E-state index contributed by atoms with van der Waals surface area (Å²) in [6.45, 7) is 0. The van der Waals surface area contributed by atoms with Crippen molar-refractivity contribution in [1.82, 2.24) is 0 Å². The normalized spacial score (nSPS) is 22.6. The van der Waals surface area contributed by atoms with E-state index in [2.05, 4.69) is 0 Å². The molecule has 1 fully saturated rings. The first-order valence-corrected chi connectivity index (χ1v) is 12.0. The Morgan fingerprint density at radius 3 is 1.95 bits per heavy atom. The van der Waals surface area contributed by atoms with Crippen LogP contribution in [0.3, 0.4) is 0 Å². The highest BCUT2D eigenvalue weighted by Crippen LogP contribution is 2.34. The maximum absolute atomic E-state index is 12.6. The fourth-order valence-corrected chi connectivity index (χ4v) is 4.12. The van der Waals surface area contributed by atoms with E-state index in [1.165, 1.54) is 51.7 Å². The van der Waals surface area contributed by atoms with Crippen LogP contribution in [0.2, 0.25) is 0 Å². The maximum Gasteiger partial charge on any atom is 0.335 e. The number of carboxylic acids is 1. The number of aliphatic hydroxyl groups excluding tert-OH is 1. The number of carboxylic acid groups (broad SMARTS) is 1. The molecule has 0 bridgehead atoms. The summed E-state index contributed by atoms with van der Waals surface area (Å²) >= 11 is 0. The molecular formula is C28H30O12. The molecule has 0 aliphatic heterocycles. The molecule has 4 atom stereocenters. The highest BCUT2D eigenvalue weighted by molar-refractivity contribution is 5.88. The van der Waals surface area contributed by atoms with Crippen LogP contribution in [-0.4, -0.2) is 83.6 Å². The monoisotopic (exact) mass is 558 g/mol. The zero-order valence-electron chi connectivity index (χ0n) is 22.0. The average Bonchev–Trinajstić information content (AvgIpc) is 2.93. The minimum atomic E-state index is -2.42. The predicted molar refractivity (Wildman–Crippen MR) is 140 cm³/mol. The molecule has 0 aromatic heterocycles. The summed E-state index contributed by atoms with van der Waals surface area (Å²) in [7, 11) is 4.30. The highest BCUT2D eigenvalue weighted by atomic mass is 16.6. The van der Waals surface area contributed by atoms with Gasteiger partial charge in [0.05, 0.1) is 27.4 Å². The van der Waals surface area contributed by atoms with E-state index < -0.39 is 54.7 Å². The van der Waals surface area contributed by atoms with Crippen molar-refractivity contribution in [1.29, 1.82) is 0 Å². The lowest BCUT2D eigenvalue weighted by Gasteiger charge is -2.40. The third-order valence-corrected chi connectivity index (χ3v) is 6.18. The van der Waals surface area contributed by atoms with E-state index in [1.54, 1.807) is 18.2 Å². The zero-order chi connectivity index (χ0) is 29.4. The first-order chi connectivity index (χ1) is 19.0. The van der Waals surface area contributed by atoms with Gasteiger partial charge in [0, 0.05) is 25.0 Å². The number of phenolic OH excluding ortho intramolecular Hbond substituents is 1. The van der Waals surface area contributed by atoms with Crippen molar-refractivity contribution in [3.05, 3.63) is 59.7 Å². The van der Waals surface area contributed by atoms with Crippen molar-refractivity contribution in [2.75, 3.05) is 21.3 Å². The average molecular weight is 559 g/mol. The lowest BCUT2D eigenvalue weighted by molar-refractivity contribution is -0.204. The molecule has 40 heavy (non-hydrogen) atoms. The lowest BCUT2D eigenvalue weighted by atomic mass is 9.79. The molecule has 0 spiro atoms. The largest absolute Gasteiger partial charge is 0.504 e. The SMILES string of the molecule is COc1cc(/C=C/C(=O)O[C@H]2[C@@H](OC(=O)/C=C/c3ccc(OC)c(OC)c3)C[C@](O)(C(=O)O)C[C@@H]2O)ccc1O. The fraction of sp³-hybridized carbons (Fsp3) is 0.321. The summed E-state index contributed by atoms with van der Waals surface area (Å²) in [6, 6.07) is 9.24. The number of aliphatic hydroxyl groups is 2. The molecule has 12 heteroatoms. The standard InChI is InChI=1S/C28H30O12/c1-36-20-9-5-17(13-22(20)38-3)6-10-24(31)39-23-15-28(35,27(33)34)14-19(30)26(23)40-25(32)11-7-16-4-8-18(29)21(12-16)37-2/h4-13,19,23,26,29-30,35H,14-15H2,1-3H3,(H,33,34)/b10-6+,11-7+/t19-,23-,26+,28-/m0/s1. The molecule has 0 radical (unpaired) electrons. The van der Waals surface area contributed by atoms with Crippen molar-refractivity contribution in [3.8, 4) is 23.0 Å². The van der Waals surface area contributed by atoms with Gasteiger partial charge in [0.25, 0.3) is 0 Å². The third-order valence-electron chi connectivity index (χ3n) is 6.18. The van der Waals surface area contributed by atoms with Crippen molar-refractivity contribution in [2.45, 2.75) is 36.8 Å². The smallest absolute Gasteiger partial charge is 0.335 e. The number of esters is 2. The van der Waals surface area contributed by atoms with Gasteiger partial charge < -0.3 is 44.1 Å². The van der Waals surface area contributed by atoms with Gasteiger partial charge in [-0.05, 0) is 47.5 Å². The van der Waals surface area contributed by atoms with E-state index in [4.69, 9.17) is 23.7 Å². The zero-order valence-corrected chi connectivity index (χ0v) is 22.0. The van der Waals surface area contributed by atoms with Crippen LogP contribution in [-0.2, 0) is 23.9 Å². The van der Waals surface area contributed by atoms with Crippen molar-refractivity contribution in [2.24, 2.45) is 0 Å². The Morgan fingerprint density at radius 1 is 0.825 bits per heavy atom. The predicted octanol–water partition coefficient (Wildman–Crippen LogP) is 1.94. The second-order valence-corrected chi connectivity index (χ2v) is 8.90. The Morgan fingerprint density at radius 2 is 1.38 bits per heavy atom. The number of rotatable bonds is 10. The molecule has 1 aliphatic rings. The molecule has 4 N–H and O–H groups in total. The van der Waals surface area contributed by atoms with Gasteiger partial charge in [0.1, 0.15) is 6.10 Å². The van der Waals surface area contributed by atoms with E-state index >= 15 is 0 Å². The second-order valence-electron chi connectivity index (χ2n) is 8.90. The van der Waals surface area contributed by atoms with E-state index in [-0.39, 0.29) is 11.5 Å². The molecule has 0 heterocycles. The first kappa shape index (κ1) is 30.0. The quantitative estimate of drug-likeness (QED) is 0.246. The van der Waals surface area contributed by atoms with Gasteiger partial charge in [-0.25, -0.2) is 14.4 Å². The molecule has 0 amide bonds. The second kappa shape index (κ2) is 13.0. The summed E-state index contributed by atoms with van der Waals surface area (Å²) in [5, 5.41) is 40.3. The molecule has 2 aromatic rings. The van der Waals surface area contributed by atoms with Gasteiger partial charge in [0.15, 0.2) is 34.7 Å². The number of methoxy groups -OCH3 is 3. The Labute approximate surface area is 229 Å². The Hall–Kier alpha value is -4.55. The van der Waals surface area contributed by atoms with Crippen LogP contribution in [0.1, 0.15) is 24.0 Å². The molecule has 3 rings (SSSR count). The minimum Gasteiger partial charge on any atom is -0.504 e. The molecule has 2 aromatic carbocycles. The molecular weight excluding hydrogens is 528 g/mol. The molecule has 1 aliphatic carbocycles. The van der Waals surface area contributed by atoms with E-state index in [1.807, 2.05) is 0 Å². The minimum absolute atomic E-state index is 0.0942. The van der Waals surface area contributed by atoms with Gasteiger partial charge in [-0.2, -0.15) is 0 Å². The van der Waals surface area contributed by atoms with Gasteiger partial charge in [-0.15, -0.1) is 0 Å². The molecule has 0 saturated heterocycles. The van der Waals surface area contributed by atoms with Crippen LogP contribution < -0.4 is 14.2 Å². The maximum atomic E-state index is 12.6. The first-order valence-electron chi connectivity index (χ1n) is 12.0. The number of aliphatic carboxylic acids is 1. The van der Waals surface area contributed by atoms with Crippen LogP contribution in [0, 0.1) is 0 Å². The van der Waals surface area contributed by atoms with Crippen LogP contribution in [0.5, 0.6) is 23.0 Å². The Bertz CT molecular complexity index is 1300. The van der Waals surface area contributed by atoms with Crippen molar-refractivity contribution >= 4 is 30.1 Å². The molecule has 214 valence electrons. The number of hydrogen-bond donors (Lipinski definition) is 4. The number of carbonyl (C=O) groups is 3. The number of phenols is 1. The van der Waals surface area contributed by atoms with Crippen molar-refractivity contribution in [3.63, 3.8) is 0 Å². The highest BCUT2D eigenvalue weighted by Gasteiger charge is 2.52.